The van der Waals surface area contributed by atoms with Gasteiger partial charge in [-0.3, -0.25) is 0 Å². The highest BCUT2D eigenvalue weighted by Gasteiger charge is 2.34. The van der Waals surface area contributed by atoms with E-state index in [0.29, 0.717) is 0 Å². The lowest BCUT2D eigenvalue weighted by Crippen LogP contribution is -2.44. The molecule has 0 heterocycles. The summed E-state index contributed by atoms with van der Waals surface area (Å²) in [5, 5.41) is 0. The van der Waals surface area contributed by atoms with Crippen molar-refractivity contribution in [1.29, 1.82) is 0 Å². The Kier molecular flexibility index (Phi) is 8.91. The van der Waals surface area contributed by atoms with E-state index in [1.165, 1.54) is 0 Å². The van der Waals surface area contributed by atoms with Crippen molar-refractivity contribution in [1.82, 2.24) is 6.15 Å². The molecule has 0 aromatic heterocycles. The first kappa shape index (κ1) is 15.5. The monoisotopic (exact) mass is 208 g/mol. The van der Waals surface area contributed by atoms with Gasteiger partial charge in [0.2, 0.25) is 0 Å². The summed E-state index contributed by atoms with van der Waals surface area (Å²) in [6.45, 7) is 4.19. The number of hydrogen-bond acceptors (Lipinski definition) is 4. The van der Waals surface area contributed by atoms with E-state index >= 15 is 0 Å². The Morgan fingerprint density at radius 2 is 1.69 bits per heavy atom. The molecule has 0 aliphatic heterocycles. The first-order valence-electron chi connectivity index (χ1n) is 4.50. The second-order valence-corrected chi connectivity index (χ2v) is 6.80. The highest BCUT2D eigenvalue weighted by molar-refractivity contribution is 6.67. The molecule has 0 fully saturated rings. The molecule has 0 saturated carbocycles. The summed E-state index contributed by atoms with van der Waals surface area (Å²) in [6.07, 6.45) is 0.988. The maximum absolute atomic E-state index is 5.86. The van der Waals surface area contributed by atoms with Crippen LogP contribution < -0.4 is 11.9 Å². The molecule has 5 heteroatoms. The van der Waals surface area contributed by atoms with Gasteiger partial charge in [0.25, 0.3) is 0 Å². The largest absolute Gasteiger partial charge is 0.398 e. The van der Waals surface area contributed by atoms with Crippen molar-refractivity contribution in [2.24, 2.45) is 5.73 Å². The van der Waals surface area contributed by atoms with Crippen LogP contribution in [0.4, 0.5) is 0 Å². The Bertz CT molecular complexity index is 112. The van der Waals surface area contributed by atoms with Gasteiger partial charge in [-0.15, -0.1) is 0 Å². The summed E-state index contributed by atoms with van der Waals surface area (Å²) in [5.74, 6) is 0. The highest BCUT2D eigenvalue weighted by Crippen LogP contribution is 2.19. The first-order valence-corrected chi connectivity index (χ1v) is 6.73. The van der Waals surface area contributed by atoms with E-state index in [1.54, 1.807) is 14.2 Å². The standard InChI is InChI=1S/C8H21NO2Si.H3N/c1-5-8(9)7-12(6-2,10-3)11-4;/h8H,5-7,9H2,1-4H3;1H3. The quantitative estimate of drug-likeness (QED) is 0.650. The minimum atomic E-state index is -1.93. The van der Waals surface area contributed by atoms with Crippen LogP contribution in [-0.4, -0.2) is 28.8 Å². The fourth-order valence-electron chi connectivity index (χ4n) is 1.23. The molecule has 0 aromatic rings. The Morgan fingerprint density at radius 1 is 1.23 bits per heavy atom. The van der Waals surface area contributed by atoms with Gasteiger partial charge in [0.05, 0.1) is 0 Å². The topological polar surface area (TPSA) is 79.5 Å². The minimum Gasteiger partial charge on any atom is -0.398 e. The van der Waals surface area contributed by atoms with Gasteiger partial charge in [-0.1, -0.05) is 13.8 Å². The van der Waals surface area contributed by atoms with Crippen molar-refractivity contribution in [2.45, 2.75) is 38.4 Å². The molecular weight excluding hydrogens is 184 g/mol. The molecule has 82 valence electrons. The third-order valence-corrected chi connectivity index (χ3v) is 6.09. The first-order chi connectivity index (χ1) is 5.64. The summed E-state index contributed by atoms with van der Waals surface area (Å²) in [6, 6.07) is 2.08. The van der Waals surface area contributed by atoms with Crippen LogP contribution in [0.25, 0.3) is 0 Å². The van der Waals surface area contributed by atoms with Crippen molar-refractivity contribution < 1.29 is 8.85 Å². The van der Waals surface area contributed by atoms with Crippen LogP contribution in [0, 0.1) is 0 Å². The normalized spacial score (nSPS) is 13.6. The van der Waals surface area contributed by atoms with Gasteiger partial charge in [0, 0.05) is 26.3 Å². The molecule has 13 heavy (non-hydrogen) atoms. The molecule has 0 rings (SSSR count). The van der Waals surface area contributed by atoms with Crippen LogP contribution in [0.15, 0.2) is 0 Å². The Morgan fingerprint density at radius 3 is 1.92 bits per heavy atom. The predicted molar refractivity (Wildman–Crippen MR) is 58.3 cm³/mol. The molecule has 0 aliphatic carbocycles. The number of hydrogen-bond donors (Lipinski definition) is 2. The van der Waals surface area contributed by atoms with Crippen LogP contribution in [0.3, 0.4) is 0 Å². The van der Waals surface area contributed by atoms with Gasteiger partial charge in [-0.25, -0.2) is 0 Å². The second-order valence-electron chi connectivity index (χ2n) is 3.04. The van der Waals surface area contributed by atoms with E-state index in [-0.39, 0.29) is 12.2 Å². The molecule has 0 bridgehead atoms. The third-order valence-electron chi connectivity index (χ3n) is 2.38. The van der Waals surface area contributed by atoms with Crippen LogP contribution >= 0.6 is 0 Å². The fourth-order valence-corrected chi connectivity index (χ4v) is 3.68. The summed E-state index contributed by atoms with van der Waals surface area (Å²) in [5.41, 5.74) is 5.86. The molecule has 5 N–H and O–H groups in total. The highest BCUT2D eigenvalue weighted by atomic mass is 28.4. The smallest absolute Gasteiger partial charge is 0.338 e. The van der Waals surface area contributed by atoms with Gasteiger partial charge in [0.15, 0.2) is 0 Å². The van der Waals surface area contributed by atoms with Gasteiger partial charge in [-0.05, 0) is 12.5 Å². The molecule has 0 spiro atoms. The summed E-state index contributed by atoms with van der Waals surface area (Å²) in [4.78, 5) is 0. The van der Waals surface area contributed by atoms with E-state index < -0.39 is 8.56 Å². The third kappa shape index (κ3) is 4.73. The van der Waals surface area contributed by atoms with Crippen LogP contribution in [0.2, 0.25) is 12.1 Å². The van der Waals surface area contributed by atoms with E-state index in [1.807, 2.05) is 0 Å². The van der Waals surface area contributed by atoms with Gasteiger partial charge < -0.3 is 20.7 Å². The lowest BCUT2D eigenvalue weighted by atomic mass is 10.3. The minimum absolute atomic E-state index is 0. The lowest BCUT2D eigenvalue weighted by molar-refractivity contribution is 0.239. The predicted octanol–water partition coefficient (Wildman–Crippen LogP) is 1.64. The summed E-state index contributed by atoms with van der Waals surface area (Å²) >= 11 is 0. The molecule has 0 saturated heterocycles. The van der Waals surface area contributed by atoms with Crippen LogP contribution in [0.1, 0.15) is 20.3 Å². The second kappa shape index (κ2) is 7.46. The zero-order valence-electron chi connectivity index (χ0n) is 9.30. The molecule has 1 unspecified atom stereocenters. The van der Waals surface area contributed by atoms with Crippen LogP contribution in [-0.2, 0) is 8.85 Å². The molecule has 4 nitrogen and oxygen atoms in total. The molecule has 0 aromatic carbocycles. The van der Waals surface area contributed by atoms with Crippen molar-refractivity contribution in [3.63, 3.8) is 0 Å². The summed E-state index contributed by atoms with van der Waals surface area (Å²) < 4.78 is 10.9. The molecule has 0 radical (unpaired) electrons. The Hall–Kier alpha value is 0.0569. The van der Waals surface area contributed by atoms with E-state index in [0.717, 1.165) is 18.5 Å². The molecule has 0 aliphatic rings. The average Bonchev–Trinajstić information content (AvgIpc) is 2.14. The van der Waals surface area contributed by atoms with Gasteiger partial charge in [-0.2, -0.15) is 0 Å². The number of rotatable bonds is 6. The Balaban J connectivity index is 0. The lowest BCUT2D eigenvalue weighted by Gasteiger charge is -2.28. The zero-order valence-corrected chi connectivity index (χ0v) is 10.3. The molecule has 1 atom stereocenters. The van der Waals surface area contributed by atoms with Crippen molar-refractivity contribution in [3.8, 4) is 0 Å². The van der Waals surface area contributed by atoms with Crippen molar-refractivity contribution in [2.75, 3.05) is 14.2 Å². The summed E-state index contributed by atoms with van der Waals surface area (Å²) in [7, 11) is 1.52. The van der Waals surface area contributed by atoms with E-state index in [4.69, 9.17) is 14.6 Å². The molecule has 0 amide bonds. The number of nitrogens with two attached hydrogens (primary N) is 1. The van der Waals surface area contributed by atoms with Gasteiger partial charge in [0.1, 0.15) is 0 Å². The van der Waals surface area contributed by atoms with Crippen molar-refractivity contribution >= 4 is 8.56 Å². The maximum Gasteiger partial charge on any atom is 0.338 e. The van der Waals surface area contributed by atoms with E-state index in [9.17, 15) is 0 Å². The van der Waals surface area contributed by atoms with Gasteiger partial charge >= 0.3 is 8.56 Å². The van der Waals surface area contributed by atoms with E-state index in [2.05, 4.69) is 13.8 Å². The van der Waals surface area contributed by atoms with Crippen LogP contribution in [0.5, 0.6) is 0 Å². The fraction of sp³-hybridized carbons (Fsp3) is 1.00. The van der Waals surface area contributed by atoms with Crippen molar-refractivity contribution in [3.05, 3.63) is 0 Å². The zero-order chi connectivity index (χ0) is 9.61. The maximum atomic E-state index is 5.86. The Labute approximate surface area is 82.6 Å². The average molecular weight is 208 g/mol. The molecular formula is C8H24N2O2Si. The SMILES string of the molecule is CCC(N)C[Si](CC)(OC)OC.N.